The van der Waals surface area contributed by atoms with Crippen LogP contribution >= 0.6 is 22.6 Å². The lowest BCUT2D eigenvalue weighted by atomic mass is 9.56. The number of likely N-dealkylation sites (tertiary alicyclic amines) is 1. The number of nitrogens with zero attached hydrogens (tertiary/aromatic N) is 2. The zero-order valence-corrected chi connectivity index (χ0v) is 33.3. The van der Waals surface area contributed by atoms with Gasteiger partial charge in [0.1, 0.15) is 6.54 Å². The Balaban J connectivity index is 1.17. The van der Waals surface area contributed by atoms with Crippen molar-refractivity contribution in [1.29, 1.82) is 0 Å². The fourth-order valence-corrected chi connectivity index (χ4v) is 14.3. The highest BCUT2D eigenvalue weighted by Gasteiger charge is 2.61. The molecule has 0 radical (unpaired) electrons. The molecule has 2 heterocycles. The Morgan fingerprint density at radius 1 is 0.745 bits per heavy atom. The van der Waals surface area contributed by atoms with Crippen LogP contribution in [-0.4, -0.2) is 40.4 Å². The van der Waals surface area contributed by atoms with Crippen LogP contribution in [0.15, 0.2) is 44.7 Å². The van der Waals surface area contributed by atoms with E-state index in [1.54, 1.807) is 22.6 Å². The standard InChI is InChI=1S/C44H68IN2/c1-7-29-47-37-26-22-31-16-12-14-18-35(31)41(37)44(6,9-3)39(47)28-24-33-20-19-32(42(33)45)23-27-38-43(5,8-2)40-34-17-13-11-15-30(34)21-25-36(40)46(38)10-4/h23-24,27-28,30-31,34-37,40-41H,7-22,25-26,29H2,1-6H3/q+1. The largest absolute Gasteiger partial charge is 0.371 e. The Morgan fingerprint density at radius 3 is 2.06 bits per heavy atom. The summed E-state index contributed by atoms with van der Waals surface area (Å²) in [5.74, 6) is 5.59. The third-order valence-corrected chi connectivity index (χ3v) is 17.2. The van der Waals surface area contributed by atoms with Crippen molar-refractivity contribution < 1.29 is 4.58 Å². The third-order valence-electron chi connectivity index (χ3n) is 15.8. The van der Waals surface area contributed by atoms with E-state index in [0.717, 1.165) is 54.1 Å². The number of hydrogen-bond acceptors (Lipinski definition) is 1. The molecule has 0 aromatic heterocycles. The quantitative estimate of drug-likeness (QED) is 0.177. The van der Waals surface area contributed by atoms with E-state index in [2.05, 4.69) is 97.9 Å². The topological polar surface area (TPSA) is 6.25 Å². The van der Waals surface area contributed by atoms with Crippen LogP contribution in [0.5, 0.6) is 0 Å². The fourth-order valence-electron chi connectivity index (χ4n) is 13.4. The Morgan fingerprint density at radius 2 is 1.40 bits per heavy atom. The van der Waals surface area contributed by atoms with Gasteiger partial charge in [0.15, 0.2) is 11.8 Å². The SMILES string of the molecule is CCC[N+]1=C(/C=C/C2=C(I)C(=C/C=C3/N(CC)C4CCC5CCCCC5C4C3(C)CC)/CC2)C(C)(CC)C2C3CCCCC3CCC21. The van der Waals surface area contributed by atoms with Gasteiger partial charge in [0.25, 0.3) is 0 Å². The fraction of sp³-hybridized carbons (Fsp3) is 0.795. The van der Waals surface area contributed by atoms with E-state index in [0.29, 0.717) is 10.8 Å². The predicted octanol–water partition coefficient (Wildman–Crippen LogP) is 12.1. The van der Waals surface area contributed by atoms with Gasteiger partial charge in [-0.25, -0.2) is 4.58 Å². The molecular formula is C44H68IN2+. The molecule has 10 unspecified atom stereocenters. The number of rotatable bonds is 8. The number of hydrogen-bond donors (Lipinski definition) is 0. The Kier molecular flexibility index (Phi) is 10.3. The summed E-state index contributed by atoms with van der Waals surface area (Å²) in [6.07, 6.45) is 34.3. The molecule has 0 bridgehead atoms. The molecule has 3 heteroatoms. The molecule has 0 N–H and O–H groups in total. The lowest BCUT2D eigenvalue weighted by Crippen LogP contribution is -2.46. The van der Waals surface area contributed by atoms with Gasteiger partial charge in [-0.15, -0.1) is 0 Å². The van der Waals surface area contributed by atoms with Crippen molar-refractivity contribution in [2.75, 3.05) is 13.1 Å². The van der Waals surface area contributed by atoms with Gasteiger partial charge >= 0.3 is 0 Å². The minimum Gasteiger partial charge on any atom is -0.371 e. The van der Waals surface area contributed by atoms with Crippen molar-refractivity contribution in [1.82, 2.24) is 4.90 Å². The van der Waals surface area contributed by atoms with E-state index in [9.17, 15) is 0 Å². The second kappa shape index (κ2) is 14.1. The second-order valence-electron chi connectivity index (χ2n) is 17.6. The molecule has 0 aromatic carbocycles. The van der Waals surface area contributed by atoms with Crippen LogP contribution < -0.4 is 0 Å². The van der Waals surface area contributed by atoms with E-state index < -0.39 is 0 Å². The van der Waals surface area contributed by atoms with Crippen molar-refractivity contribution in [2.24, 2.45) is 46.3 Å². The zero-order chi connectivity index (χ0) is 32.9. The first-order chi connectivity index (χ1) is 22.8. The van der Waals surface area contributed by atoms with Gasteiger partial charge in [0.05, 0.1) is 5.41 Å². The Bertz CT molecular complexity index is 1330. The van der Waals surface area contributed by atoms with Gasteiger partial charge in [-0.05, 0) is 141 Å². The van der Waals surface area contributed by atoms with Gasteiger partial charge in [0, 0.05) is 52.1 Å². The molecule has 7 aliphatic rings. The predicted molar refractivity (Wildman–Crippen MR) is 209 cm³/mol. The molecule has 5 aliphatic carbocycles. The van der Waals surface area contributed by atoms with Gasteiger partial charge in [0.2, 0.25) is 0 Å². The molecule has 0 spiro atoms. The van der Waals surface area contributed by atoms with Crippen LogP contribution in [0.2, 0.25) is 0 Å². The third kappa shape index (κ3) is 5.73. The second-order valence-corrected chi connectivity index (χ2v) is 18.7. The summed E-state index contributed by atoms with van der Waals surface area (Å²) in [6, 6.07) is 1.53. The molecule has 0 amide bonds. The highest BCUT2D eigenvalue weighted by atomic mass is 127. The minimum absolute atomic E-state index is 0.315. The normalized spacial score (nSPS) is 43.7. The molecule has 10 atom stereocenters. The van der Waals surface area contributed by atoms with Crippen molar-refractivity contribution in [2.45, 2.75) is 163 Å². The van der Waals surface area contributed by atoms with E-state index in [1.807, 2.05) is 0 Å². The van der Waals surface area contributed by atoms with Gasteiger partial charge in [-0.1, -0.05) is 78.4 Å². The number of halogens is 1. The van der Waals surface area contributed by atoms with Crippen LogP contribution in [-0.2, 0) is 0 Å². The maximum absolute atomic E-state index is 2.93. The molecule has 4 saturated carbocycles. The maximum atomic E-state index is 2.93. The summed E-state index contributed by atoms with van der Waals surface area (Å²) >= 11 is 2.71. The molecule has 1 saturated heterocycles. The monoisotopic (exact) mass is 751 g/mol. The zero-order valence-electron chi connectivity index (χ0n) is 31.1. The van der Waals surface area contributed by atoms with Gasteiger partial charge in [-0.3, -0.25) is 0 Å². The Hall–Kier alpha value is -0.840. The Labute approximate surface area is 303 Å². The summed E-state index contributed by atoms with van der Waals surface area (Å²) in [7, 11) is 0. The van der Waals surface area contributed by atoms with Crippen molar-refractivity contribution in [3.05, 3.63) is 44.7 Å². The van der Waals surface area contributed by atoms with Crippen molar-refractivity contribution in [3.63, 3.8) is 0 Å². The summed E-state index contributed by atoms with van der Waals surface area (Å²) in [5.41, 5.74) is 7.15. The van der Waals surface area contributed by atoms with Gasteiger partial charge < -0.3 is 4.90 Å². The first-order valence-electron chi connectivity index (χ1n) is 20.7. The number of fused-ring (bicyclic) bond motifs is 6. The van der Waals surface area contributed by atoms with Crippen LogP contribution in [0, 0.1) is 46.3 Å². The van der Waals surface area contributed by atoms with Crippen molar-refractivity contribution in [3.8, 4) is 0 Å². The van der Waals surface area contributed by atoms with E-state index >= 15 is 0 Å². The van der Waals surface area contributed by atoms with Crippen LogP contribution in [0.1, 0.15) is 151 Å². The molecule has 260 valence electrons. The molecular weight excluding hydrogens is 683 g/mol. The molecule has 5 fully saturated rings. The average Bonchev–Trinajstić information content (AvgIpc) is 3.67. The molecule has 2 nitrogen and oxygen atoms in total. The highest BCUT2D eigenvalue weighted by molar-refractivity contribution is 14.1. The van der Waals surface area contributed by atoms with Gasteiger partial charge in [-0.2, -0.15) is 0 Å². The van der Waals surface area contributed by atoms with E-state index in [1.165, 1.54) is 119 Å². The first-order valence-corrected chi connectivity index (χ1v) is 21.8. The van der Waals surface area contributed by atoms with Crippen LogP contribution in [0.3, 0.4) is 0 Å². The highest BCUT2D eigenvalue weighted by Crippen LogP contribution is 2.61. The number of allylic oxidation sites excluding steroid dienone is 8. The average molecular weight is 752 g/mol. The summed E-state index contributed by atoms with van der Waals surface area (Å²) < 4.78 is 4.46. The molecule has 2 aliphatic heterocycles. The summed E-state index contributed by atoms with van der Waals surface area (Å²) in [5, 5.41) is 0. The lowest BCUT2D eigenvalue weighted by molar-refractivity contribution is -0.569. The molecule has 7 rings (SSSR count). The smallest absolute Gasteiger partial charge is 0.182 e. The van der Waals surface area contributed by atoms with E-state index in [4.69, 9.17) is 0 Å². The summed E-state index contributed by atoms with van der Waals surface area (Å²) in [4.78, 5) is 2.88. The van der Waals surface area contributed by atoms with E-state index in [-0.39, 0.29) is 0 Å². The lowest BCUT2D eigenvalue weighted by Gasteiger charge is -2.48. The minimum atomic E-state index is 0.315. The first kappa shape index (κ1) is 34.6. The maximum Gasteiger partial charge on any atom is 0.182 e. The van der Waals surface area contributed by atoms with Crippen molar-refractivity contribution >= 4 is 28.3 Å². The molecule has 0 aromatic rings. The summed E-state index contributed by atoms with van der Waals surface area (Å²) in [6.45, 7) is 17.5. The van der Waals surface area contributed by atoms with Crippen LogP contribution in [0.25, 0.3) is 0 Å². The molecule has 47 heavy (non-hydrogen) atoms. The van der Waals surface area contributed by atoms with Crippen LogP contribution in [0.4, 0.5) is 0 Å².